The lowest BCUT2D eigenvalue weighted by Gasteiger charge is -2.08. The second-order valence-electron chi connectivity index (χ2n) is 5.53. The summed E-state index contributed by atoms with van der Waals surface area (Å²) < 4.78 is 15.8. The van der Waals surface area contributed by atoms with E-state index in [-0.39, 0.29) is 6.61 Å². The van der Waals surface area contributed by atoms with Crippen LogP contribution in [-0.4, -0.2) is 31.5 Å². The third-order valence-corrected chi connectivity index (χ3v) is 4.76. The number of benzene rings is 2. The van der Waals surface area contributed by atoms with Crippen molar-refractivity contribution in [3.8, 4) is 22.1 Å². The average molecular weight is 383 g/mol. The summed E-state index contributed by atoms with van der Waals surface area (Å²) in [4.78, 5) is 27.2. The maximum absolute atomic E-state index is 12.1. The van der Waals surface area contributed by atoms with Crippen LogP contribution >= 0.6 is 11.3 Å². The summed E-state index contributed by atoms with van der Waals surface area (Å²) in [5.74, 6) is 0.803. The monoisotopic (exact) mass is 383 g/mol. The molecule has 138 valence electrons. The van der Waals surface area contributed by atoms with Gasteiger partial charge in [0.25, 0.3) is 0 Å². The van der Waals surface area contributed by atoms with Crippen molar-refractivity contribution < 1.29 is 23.8 Å². The number of rotatable bonds is 7. The van der Waals surface area contributed by atoms with Crippen LogP contribution in [0.25, 0.3) is 10.6 Å². The first kappa shape index (κ1) is 18.6. The van der Waals surface area contributed by atoms with Crippen LogP contribution in [0.3, 0.4) is 0 Å². The SMILES string of the molecule is COc1ccc(-c2nc(COC(=O)c3ccc(C=O)cc3)cs2)cc1OC. The zero-order valence-corrected chi connectivity index (χ0v) is 15.6. The Morgan fingerprint density at radius 3 is 2.48 bits per heavy atom. The van der Waals surface area contributed by atoms with E-state index in [0.29, 0.717) is 28.3 Å². The smallest absolute Gasteiger partial charge is 0.338 e. The number of ether oxygens (including phenoxy) is 3. The van der Waals surface area contributed by atoms with Crippen molar-refractivity contribution in [1.82, 2.24) is 4.98 Å². The minimum Gasteiger partial charge on any atom is -0.493 e. The fourth-order valence-corrected chi connectivity index (χ4v) is 3.20. The first-order valence-corrected chi connectivity index (χ1v) is 8.91. The molecule has 0 radical (unpaired) electrons. The van der Waals surface area contributed by atoms with Crippen molar-refractivity contribution in [1.29, 1.82) is 0 Å². The predicted octanol–water partition coefficient (Wildman–Crippen LogP) is 4.00. The zero-order chi connectivity index (χ0) is 19.2. The molecule has 0 aliphatic carbocycles. The summed E-state index contributed by atoms with van der Waals surface area (Å²) in [5, 5.41) is 2.63. The normalized spacial score (nSPS) is 10.3. The van der Waals surface area contributed by atoms with Gasteiger partial charge in [-0.05, 0) is 30.3 Å². The van der Waals surface area contributed by atoms with Crippen molar-refractivity contribution in [2.24, 2.45) is 0 Å². The standard InChI is InChI=1S/C20H17NO5S/c1-24-17-8-7-15(9-18(17)25-2)19-21-16(12-27-19)11-26-20(23)14-5-3-13(10-22)4-6-14/h3-10,12H,11H2,1-2H3. The van der Waals surface area contributed by atoms with E-state index in [9.17, 15) is 9.59 Å². The number of methoxy groups -OCH3 is 2. The van der Waals surface area contributed by atoms with E-state index in [1.54, 1.807) is 38.5 Å². The van der Waals surface area contributed by atoms with Crippen molar-refractivity contribution in [2.75, 3.05) is 14.2 Å². The fraction of sp³-hybridized carbons (Fsp3) is 0.150. The van der Waals surface area contributed by atoms with Gasteiger partial charge in [-0.3, -0.25) is 4.79 Å². The third kappa shape index (κ3) is 4.32. The Morgan fingerprint density at radius 2 is 1.81 bits per heavy atom. The molecule has 3 rings (SSSR count). The molecule has 0 fully saturated rings. The summed E-state index contributed by atoms with van der Waals surface area (Å²) in [6.45, 7) is 0.0675. The number of carbonyl (C=O) groups excluding carboxylic acids is 2. The van der Waals surface area contributed by atoms with Gasteiger partial charge in [0, 0.05) is 16.5 Å². The van der Waals surface area contributed by atoms with Crippen LogP contribution < -0.4 is 9.47 Å². The molecular weight excluding hydrogens is 366 g/mol. The maximum Gasteiger partial charge on any atom is 0.338 e. The molecule has 2 aromatic carbocycles. The van der Waals surface area contributed by atoms with E-state index in [0.717, 1.165) is 16.9 Å². The molecule has 0 bridgehead atoms. The Balaban J connectivity index is 1.67. The number of thiazole rings is 1. The molecule has 1 aromatic heterocycles. The highest BCUT2D eigenvalue weighted by molar-refractivity contribution is 7.13. The van der Waals surface area contributed by atoms with Crippen molar-refractivity contribution in [2.45, 2.75) is 6.61 Å². The molecule has 0 atom stereocenters. The van der Waals surface area contributed by atoms with Gasteiger partial charge < -0.3 is 14.2 Å². The van der Waals surface area contributed by atoms with Gasteiger partial charge in [0.1, 0.15) is 17.9 Å². The highest BCUT2D eigenvalue weighted by Gasteiger charge is 2.12. The molecule has 0 saturated carbocycles. The molecule has 7 heteroatoms. The lowest BCUT2D eigenvalue weighted by Crippen LogP contribution is -2.05. The van der Waals surface area contributed by atoms with Gasteiger partial charge in [-0.1, -0.05) is 12.1 Å². The van der Waals surface area contributed by atoms with E-state index in [2.05, 4.69) is 4.98 Å². The quantitative estimate of drug-likeness (QED) is 0.454. The van der Waals surface area contributed by atoms with Crippen LogP contribution in [0.4, 0.5) is 0 Å². The number of esters is 1. The third-order valence-electron chi connectivity index (χ3n) is 3.82. The Bertz CT molecular complexity index is 949. The van der Waals surface area contributed by atoms with E-state index in [1.165, 1.54) is 11.3 Å². The van der Waals surface area contributed by atoms with E-state index >= 15 is 0 Å². The second-order valence-corrected chi connectivity index (χ2v) is 6.39. The summed E-state index contributed by atoms with van der Waals surface area (Å²) in [5.41, 5.74) is 2.43. The molecule has 0 aliphatic heterocycles. The molecule has 0 N–H and O–H groups in total. The van der Waals surface area contributed by atoms with Gasteiger partial charge in [-0.15, -0.1) is 11.3 Å². The second kappa shape index (κ2) is 8.46. The fourth-order valence-electron chi connectivity index (χ4n) is 2.40. The average Bonchev–Trinajstić information content (AvgIpc) is 3.20. The molecule has 3 aromatic rings. The Hall–Kier alpha value is -3.19. The maximum atomic E-state index is 12.1. The molecule has 0 aliphatic rings. The van der Waals surface area contributed by atoms with E-state index < -0.39 is 5.97 Å². The molecule has 0 amide bonds. The van der Waals surface area contributed by atoms with Crippen molar-refractivity contribution in [3.05, 3.63) is 64.7 Å². The predicted molar refractivity (Wildman–Crippen MR) is 102 cm³/mol. The number of aldehydes is 1. The molecule has 0 spiro atoms. The summed E-state index contributed by atoms with van der Waals surface area (Å²) in [7, 11) is 3.16. The highest BCUT2D eigenvalue weighted by atomic mass is 32.1. The van der Waals surface area contributed by atoms with Crippen LogP contribution in [0.5, 0.6) is 11.5 Å². The van der Waals surface area contributed by atoms with Crippen LogP contribution in [-0.2, 0) is 11.3 Å². The molecule has 1 heterocycles. The van der Waals surface area contributed by atoms with Crippen LogP contribution in [0, 0.1) is 0 Å². The molecule has 6 nitrogen and oxygen atoms in total. The molecule has 0 unspecified atom stereocenters. The first-order valence-electron chi connectivity index (χ1n) is 8.03. The Kier molecular flexibility index (Phi) is 5.83. The number of aromatic nitrogens is 1. The Morgan fingerprint density at radius 1 is 1.07 bits per heavy atom. The van der Waals surface area contributed by atoms with Gasteiger partial charge in [0.2, 0.25) is 0 Å². The van der Waals surface area contributed by atoms with Crippen LogP contribution in [0.2, 0.25) is 0 Å². The number of hydrogen-bond acceptors (Lipinski definition) is 7. The first-order chi connectivity index (χ1) is 13.1. The van der Waals surface area contributed by atoms with Crippen molar-refractivity contribution >= 4 is 23.6 Å². The lowest BCUT2D eigenvalue weighted by atomic mass is 10.1. The van der Waals surface area contributed by atoms with Gasteiger partial charge in [0.15, 0.2) is 11.5 Å². The van der Waals surface area contributed by atoms with E-state index in [1.807, 2.05) is 23.6 Å². The molecule has 27 heavy (non-hydrogen) atoms. The largest absolute Gasteiger partial charge is 0.493 e. The lowest BCUT2D eigenvalue weighted by molar-refractivity contribution is 0.0468. The Labute approximate surface area is 160 Å². The number of hydrogen-bond donors (Lipinski definition) is 0. The molecular formula is C20H17NO5S. The highest BCUT2D eigenvalue weighted by Crippen LogP contribution is 2.33. The summed E-state index contributed by atoms with van der Waals surface area (Å²) in [6.07, 6.45) is 0.722. The van der Waals surface area contributed by atoms with Gasteiger partial charge in [-0.2, -0.15) is 0 Å². The van der Waals surface area contributed by atoms with Crippen molar-refractivity contribution in [3.63, 3.8) is 0 Å². The minimum absolute atomic E-state index is 0.0675. The van der Waals surface area contributed by atoms with Crippen LogP contribution in [0.1, 0.15) is 26.4 Å². The van der Waals surface area contributed by atoms with Crippen LogP contribution in [0.15, 0.2) is 47.8 Å². The summed E-state index contributed by atoms with van der Waals surface area (Å²) >= 11 is 1.45. The topological polar surface area (TPSA) is 74.7 Å². The van der Waals surface area contributed by atoms with E-state index in [4.69, 9.17) is 14.2 Å². The van der Waals surface area contributed by atoms with Gasteiger partial charge in [-0.25, -0.2) is 9.78 Å². The number of carbonyl (C=O) groups is 2. The number of nitrogens with zero attached hydrogens (tertiary/aromatic N) is 1. The van der Waals surface area contributed by atoms with Gasteiger partial charge in [0.05, 0.1) is 25.5 Å². The van der Waals surface area contributed by atoms with Gasteiger partial charge >= 0.3 is 5.97 Å². The summed E-state index contributed by atoms with van der Waals surface area (Å²) in [6, 6.07) is 11.8. The molecule has 0 saturated heterocycles. The minimum atomic E-state index is -0.465. The zero-order valence-electron chi connectivity index (χ0n) is 14.8.